The second kappa shape index (κ2) is 30.6. The Morgan fingerprint density at radius 1 is 0.242 bits per heavy atom. The van der Waals surface area contributed by atoms with Gasteiger partial charge in [0.25, 0.3) is 0 Å². The summed E-state index contributed by atoms with van der Waals surface area (Å²) in [4.78, 5) is 0. The van der Waals surface area contributed by atoms with Gasteiger partial charge in [-0.3, -0.25) is 0 Å². The number of hydrogen-bond donors (Lipinski definition) is 0. The van der Waals surface area contributed by atoms with Crippen LogP contribution in [0.3, 0.4) is 0 Å². The minimum Gasteiger partial charge on any atom is -0.418 e. The summed E-state index contributed by atoms with van der Waals surface area (Å²) in [6.07, 6.45) is 14.0. The fraction of sp³-hybridized carbons (Fsp3) is 0.0909. The molecule has 0 fully saturated rings. The Morgan fingerprint density at radius 2 is 0.355 bits per heavy atom. The van der Waals surface area contributed by atoms with Crippen LogP contribution in [0.25, 0.3) is 0 Å². The molecule has 0 radical (unpaired) electrons. The van der Waals surface area contributed by atoms with E-state index in [1.54, 1.807) is 0 Å². The predicted octanol–water partition coefficient (Wildman–Crippen LogP) is 13.5. The molecule has 6 aromatic carbocycles. The van der Waals surface area contributed by atoms with Crippen molar-refractivity contribution in [1.29, 1.82) is 0 Å². The molecule has 0 aromatic heterocycles. The molecule has 0 atom stereocenters. The molecular weight excluding hydrogens is 954 g/mol. The van der Waals surface area contributed by atoms with E-state index in [2.05, 4.69) is 206 Å². The van der Waals surface area contributed by atoms with Gasteiger partial charge in [0, 0.05) is 0 Å². The summed E-state index contributed by atoms with van der Waals surface area (Å²) >= 11 is 0. The average molecular weight is 996 g/mol. The molecule has 330 valence electrons. The first-order valence-corrected chi connectivity index (χ1v) is 21.4. The van der Waals surface area contributed by atoms with Crippen LogP contribution in [-0.2, 0) is 19.5 Å². The van der Waals surface area contributed by atoms with E-state index in [0.717, 1.165) is 0 Å². The van der Waals surface area contributed by atoms with Crippen LogP contribution in [0.15, 0.2) is 206 Å². The Balaban J connectivity index is 0.000000414. The van der Waals surface area contributed by atoms with Gasteiger partial charge in [-0.15, -0.1) is 0 Å². The van der Waals surface area contributed by atoms with Crippen LogP contribution in [0, 0.1) is 0 Å². The van der Waals surface area contributed by atoms with Gasteiger partial charge in [-0.05, 0) is 73.4 Å². The molecule has 0 heterocycles. The molecule has 1 aliphatic rings. The van der Waals surface area contributed by atoms with E-state index in [0.29, 0.717) is 0 Å². The van der Waals surface area contributed by atoms with E-state index in [4.69, 9.17) is 0 Å². The van der Waals surface area contributed by atoms with Crippen LogP contribution in [0.4, 0.5) is 51.8 Å². The monoisotopic (exact) mass is 996 g/mol. The molecule has 1 aliphatic carbocycles. The minimum absolute atomic E-state index is 0. The molecule has 0 aliphatic heterocycles. The first-order valence-electron chi connectivity index (χ1n) is 18.7. The van der Waals surface area contributed by atoms with Gasteiger partial charge in [-0.1, -0.05) is 206 Å². The Bertz CT molecular complexity index is 1670. The first-order chi connectivity index (χ1) is 28.9. The number of rotatable bonds is 6. The Hall–Kier alpha value is -4.36. The van der Waals surface area contributed by atoms with E-state index in [-0.39, 0.29) is 19.5 Å². The molecule has 0 bridgehead atoms. The molecule has 0 saturated carbocycles. The van der Waals surface area contributed by atoms with Gasteiger partial charge in [0.15, 0.2) is 0 Å². The smallest absolute Gasteiger partial charge is 0.418 e. The topological polar surface area (TPSA) is 0 Å². The zero-order valence-electron chi connectivity index (χ0n) is 33.0. The molecule has 0 amide bonds. The van der Waals surface area contributed by atoms with Gasteiger partial charge in [-0.25, -0.2) is 0 Å². The van der Waals surface area contributed by atoms with Crippen molar-refractivity contribution in [2.75, 3.05) is 0 Å². The molecule has 6 aromatic rings. The normalized spacial score (nSPS) is 13.0. The Morgan fingerprint density at radius 3 is 0.468 bits per heavy atom. The molecule has 0 nitrogen and oxygen atoms in total. The molecular formula is C44H42B3F12P2Rh. The number of hydrogen-bond acceptors (Lipinski definition) is 0. The summed E-state index contributed by atoms with van der Waals surface area (Å²) in [6, 6.07) is 64.7. The number of benzene rings is 6. The summed E-state index contributed by atoms with van der Waals surface area (Å²) in [5.74, 6) is 0. The van der Waals surface area contributed by atoms with Crippen molar-refractivity contribution in [1.82, 2.24) is 0 Å². The van der Waals surface area contributed by atoms with Crippen molar-refractivity contribution < 1.29 is 71.3 Å². The first kappa shape index (κ1) is 55.7. The van der Waals surface area contributed by atoms with Gasteiger partial charge in [0.05, 0.1) is 0 Å². The molecule has 0 N–H and O–H groups in total. The molecule has 0 saturated heterocycles. The quantitative estimate of drug-likeness (QED) is 0.0675. The van der Waals surface area contributed by atoms with E-state index in [1.165, 1.54) is 57.5 Å². The van der Waals surface area contributed by atoms with Gasteiger partial charge in [0.1, 0.15) is 0 Å². The van der Waals surface area contributed by atoms with Crippen LogP contribution < -0.4 is 31.8 Å². The van der Waals surface area contributed by atoms with Crippen LogP contribution in [-0.4, -0.2) is 21.8 Å². The predicted molar refractivity (Wildman–Crippen MR) is 238 cm³/mol. The van der Waals surface area contributed by atoms with Gasteiger partial charge in [-0.2, -0.15) is 0 Å². The van der Waals surface area contributed by atoms with Crippen LogP contribution in [0.5, 0.6) is 0 Å². The van der Waals surface area contributed by atoms with E-state index < -0.39 is 37.6 Å². The third-order valence-electron chi connectivity index (χ3n) is 7.42. The minimum atomic E-state index is -6.00. The maximum atomic E-state index is 9.75. The van der Waals surface area contributed by atoms with Gasteiger partial charge < -0.3 is 51.8 Å². The van der Waals surface area contributed by atoms with Crippen molar-refractivity contribution in [2.24, 2.45) is 0 Å². The number of halogens is 12. The molecule has 18 heteroatoms. The third-order valence-corrected chi connectivity index (χ3v) is 12.3. The van der Waals surface area contributed by atoms with Gasteiger partial charge >= 0.3 is 41.2 Å². The maximum Gasteiger partial charge on any atom is 3.00 e. The number of allylic oxidation sites excluding steroid dienone is 4. The van der Waals surface area contributed by atoms with E-state index in [1.807, 2.05) is 0 Å². The van der Waals surface area contributed by atoms with Crippen molar-refractivity contribution in [3.05, 3.63) is 206 Å². The standard InChI is InChI=1S/2C18H15P.C8H12.3BF4.Rh/c2*1-4-10-16(11-5-1)19(17-12-6-2-7-13-17)18-14-8-3-9-15-18;1-2-4-6-8-7-5-3-1;3*2-1(3,4)5;/h2*1-15H;1-2,7-8H,3-6H2;;;;/q;;;3*-1;+3/b;;2-1-,8-7-;;;;. The zero-order valence-corrected chi connectivity index (χ0v) is 36.4. The van der Waals surface area contributed by atoms with E-state index in [9.17, 15) is 51.8 Å². The second-order valence-corrected chi connectivity index (χ2v) is 16.7. The SMILES string of the molecule is C1=C\CC/C=C\CC/1.F[B-](F)(F)F.F[B-](F)(F)F.F[B-](F)(F)F.[Rh+3].c1ccc(P(c2ccccc2)c2ccccc2)cc1.c1ccc(P(c2ccccc2)c2ccccc2)cc1. The summed E-state index contributed by atoms with van der Waals surface area (Å²) < 4.78 is 117. The summed E-state index contributed by atoms with van der Waals surface area (Å²) in [7, 11) is -18.9. The van der Waals surface area contributed by atoms with Crippen LogP contribution in [0.2, 0.25) is 0 Å². The van der Waals surface area contributed by atoms with Gasteiger partial charge in [0.2, 0.25) is 0 Å². The summed E-state index contributed by atoms with van der Waals surface area (Å²) in [6.45, 7) is 0. The maximum absolute atomic E-state index is 9.75. The molecule has 0 spiro atoms. The molecule has 0 unspecified atom stereocenters. The summed E-state index contributed by atoms with van der Waals surface area (Å²) in [5, 5.41) is 8.39. The van der Waals surface area contributed by atoms with Crippen molar-refractivity contribution >= 4 is 69.4 Å². The molecule has 7 rings (SSSR count). The fourth-order valence-corrected chi connectivity index (χ4v) is 9.82. The molecule has 62 heavy (non-hydrogen) atoms. The average Bonchev–Trinajstić information content (AvgIpc) is 3.19. The van der Waals surface area contributed by atoms with Crippen molar-refractivity contribution in [3.63, 3.8) is 0 Å². The Labute approximate surface area is 371 Å². The summed E-state index contributed by atoms with van der Waals surface area (Å²) in [5.41, 5.74) is 0. The third kappa shape index (κ3) is 29.0. The van der Waals surface area contributed by atoms with Crippen LogP contribution in [0.1, 0.15) is 25.7 Å². The van der Waals surface area contributed by atoms with Crippen LogP contribution >= 0.6 is 15.8 Å². The fourth-order valence-electron chi connectivity index (χ4n) is 5.21. The second-order valence-electron chi connectivity index (χ2n) is 12.3. The van der Waals surface area contributed by atoms with Crippen molar-refractivity contribution in [3.8, 4) is 0 Å². The Kier molecular flexibility index (Phi) is 27.5. The van der Waals surface area contributed by atoms with E-state index >= 15 is 0 Å². The van der Waals surface area contributed by atoms with Crippen molar-refractivity contribution in [2.45, 2.75) is 25.7 Å². The zero-order chi connectivity index (χ0) is 45.0. The largest absolute Gasteiger partial charge is 3.00 e.